The maximum atomic E-state index is 9.75. The molecule has 3 rings (SSSR count). The zero-order valence-electron chi connectivity index (χ0n) is 12.0. The van der Waals surface area contributed by atoms with Crippen LogP contribution in [-0.2, 0) is 0 Å². The number of thiazole rings is 1. The van der Waals surface area contributed by atoms with Gasteiger partial charge in [0.25, 0.3) is 0 Å². The molecule has 5 heteroatoms. The molecule has 3 aromatic rings. The average molecular weight is 309 g/mol. The molecular weight excluding hydrogens is 294 g/mol. The standard InChI is InChI=1S/C17H15N3OS/c1-12-7-8-16(21)14(9-12)10-18-20-17-19-15(11-22-17)13-5-3-2-4-6-13/h2-11,21H,1H3,(H,19,20). The molecule has 22 heavy (non-hydrogen) atoms. The summed E-state index contributed by atoms with van der Waals surface area (Å²) in [6.45, 7) is 1.97. The van der Waals surface area contributed by atoms with E-state index < -0.39 is 0 Å². The van der Waals surface area contributed by atoms with Gasteiger partial charge >= 0.3 is 0 Å². The van der Waals surface area contributed by atoms with Crippen LogP contribution in [0.3, 0.4) is 0 Å². The van der Waals surface area contributed by atoms with Crippen molar-refractivity contribution in [3.63, 3.8) is 0 Å². The molecule has 0 aliphatic rings. The lowest BCUT2D eigenvalue weighted by Crippen LogP contribution is -1.91. The van der Waals surface area contributed by atoms with Crippen LogP contribution < -0.4 is 5.43 Å². The lowest BCUT2D eigenvalue weighted by molar-refractivity contribution is 0.474. The molecule has 0 aliphatic carbocycles. The fraction of sp³-hybridized carbons (Fsp3) is 0.0588. The first-order valence-corrected chi connectivity index (χ1v) is 7.70. The molecule has 0 spiro atoms. The number of nitrogens with zero attached hydrogens (tertiary/aromatic N) is 2. The van der Waals surface area contributed by atoms with Crippen LogP contribution in [-0.4, -0.2) is 16.3 Å². The second-order valence-electron chi connectivity index (χ2n) is 4.84. The molecule has 0 saturated heterocycles. The third kappa shape index (κ3) is 3.32. The monoisotopic (exact) mass is 309 g/mol. The maximum Gasteiger partial charge on any atom is 0.203 e. The fourth-order valence-corrected chi connectivity index (χ4v) is 2.67. The van der Waals surface area contributed by atoms with Gasteiger partial charge in [0.1, 0.15) is 5.75 Å². The summed E-state index contributed by atoms with van der Waals surface area (Å²) >= 11 is 1.49. The number of hydrazone groups is 1. The van der Waals surface area contributed by atoms with E-state index in [1.165, 1.54) is 11.3 Å². The van der Waals surface area contributed by atoms with Gasteiger partial charge in [-0.3, -0.25) is 5.43 Å². The first-order valence-electron chi connectivity index (χ1n) is 6.82. The first kappa shape index (κ1) is 14.3. The van der Waals surface area contributed by atoms with Crippen LogP contribution in [0.15, 0.2) is 59.0 Å². The second kappa shape index (κ2) is 6.41. The minimum Gasteiger partial charge on any atom is -0.507 e. The molecule has 0 bridgehead atoms. The van der Waals surface area contributed by atoms with Crippen molar-refractivity contribution in [2.75, 3.05) is 5.43 Å². The van der Waals surface area contributed by atoms with E-state index in [2.05, 4.69) is 15.5 Å². The molecule has 4 nitrogen and oxygen atoms in total. The molecule has 1 heterocycles. The van der Waals surface area contributed by atoms with Gasteiger partial charge in [0.2, 0.25) is 5.13 Å². The Morgan fingerprint density at radius 3 is 2.82 bits per heavy atom. The maximum absolute atomic E-state index is 9.75. The highest BCUT2D eigenvalue weighted by Gasteiger charge is 2.03. The zero-order chi connectivity index (χ0) is 15.4. The van der Waals surface area contributed by atoms with Gasteiger partial charge in [0.05, 0.1) is 11.9 Å². The number of hydrogen-bond acceptors (Lipinski definition) is 5. The van der Waals surface area contributed by atoms with Crippen LogP contribution in [0.4, 0.5) is 5.13 Å². The number of aryl methyl sites for hydroxylation is 1. The van der Waals surface area contributed by atoms with Crippen LogP contribution >= 0.6 is 11.3 Å². The highest BCUT2D eigenvalue weighted by Crippen LogP contribution is 2.24. The van der Waals surface area contributed by atoms with E-state index in [4.69, 9.17) is 0 Å². The number of anilines is 1. The van der Waals surface area contributed by atoms with E-state index in [0.29, 0.717) is 10.7 Å². The molecule has 2 aromatic carbocycles. The van der Waals surface area contributed by atoms with Crippen molar-refractivity contribution in [1.29, 1.82) is 0 Å². The SMILES string of the molecule is Cc1ccc(O)c(C=NNc2nc(-c3ccccc3)cs2)c1. The van der Waals surface area contributed by atoms with Crippen LogP contribution in [0.1, 0.15) is 11.1 Å². The normalized spacial score (nSPS) is 11.0. The highest BCUT2D eigenvalue weighted by atomic mass is 32.1. The zero-order valence-corrected chi connectivity index (χ0v) is 12.8. The number of hydrogen-bond donors (Lipinski definition) is 2. The lowest BCUT2D eigenvalue weighted by atomic mass is 10.1. The van der Waals surface area contributed by atoms with Gasteiger partial charge in [-0.2, -0.15) is 5.10 Å². The predicted octanol–water partition coefficient (Wildman–Crippen LogP) is 4.27. The molecule has 0 fully saturated rings. The number of aromatic nitrogens is 1. The molecule has 0 radical (unpaired) electrons. The van der Waals surface area contributed by atoms with Crippen molar-refractivity contribution in [2.24, 2.45) is 5.10 Å². The van der Waals surface area contributed by atoms with Gasteiger partial charge in [-0.1, -0.05) is 42.0 Å². The highest BCUT2D eigenvalue weighted by molar-refractivity contribution is 7.14. The average Bonchev–Trinajstić information content (AvgIpc) is 3.00. The summed E-state index contributed by atoms with van der Waals surface area (Å²) in [6.07, 6.45) is 1.59. The van der Waals surface area contributed by atoms with Crippen molar-refractivity contribution in [3.05, 3.63) is 65.0 Å². The molecule has 0 atom stereocenters. The number of benzene rings is 2. The van der Waals surface area contributed by atoms with E-state index in [0.717, 1.165) is 16.8 Å². The second-order valence-corrected chi connectivity index (χ2v) is 5.69. The van der Waals surface area contributed by atoms with Crippen molar-refractivity contribution in [1.82, 2.24) is 4.98 Å². The minimum atomic E-state index is 0.209. The summed E-state index contributed by atoms with van der Waals surface area (Å²) in [7, 11) is 0. The topological polar surface area (TPSA) is 57.5 Å². The van der Waals surface area contributed by atoms with E-state index >= 15 is 0 Å². The summed E-state index contributed by atoms with van der Waals surface area (Å²) in [4.78, 5) is 4.48. The number of nitrogens with one attached hydrogen (secondary N) is 1. The quantitative estimate of drug-likeness (QED) is 0.559. The van der Waals surface area contributed by atoms with Crippen LogP contribution in [0, 0.1) is 6.92 Å². The summed E-state index contributed by atoms with van der Waals surface area (Å²) in [6, 6.07) is 15.4. The van der Waals surface area contributed by atoms with Crippen molar-refractivity contribution in [2.45, 2.75) is 6.92 Å². The molecule has 1 aromatic heterocycles. The molecule has 2 N–H and O–H groups in total. The smallest absolute Gasteiger partial charge is 0.203 e. The van der Waals surface area contributed by atoms with Crippen LogP contribution in [0.25, 0.3) is 11.3 Å². The Balaban J connectivity index is 1.71. The molecule has 0 unspecified atom stereocenters. The van der Waals surface area contributed by atoms with Gasteiger partial charge in [0.15, 0.2) is 0 Å². The van der Waals surface area contributed by atoms with Gasteiger partial charge < -0.3 is 5.11 Å². The molecule has 0 aliphatic heterocycles. The molecule has 0 saturated carbocycles. The number of rotatable bonds is 4. The van der Waals surface area contributed by atoms with E-state index in [1.54, 1.807) is 12.3 Å². The number of phenols is 1. The van der Waals surface area contributed by atoms with Gasteiger partial charge in [0, 0.05) is 16.5 Å². The minimum absolute atomic E-state index is 0.209. The molecular formula is C17H15N3OS. The van der Waals surface area contributed by atoms with Gasteiger partial charge in [-0.25, -0.2) is 4.98 Å². The van der Waals surface area contributed by atoms with E-state index in [9.17, 15) is 5.11 Å². The Morgan fingerprint density at radius 2 is 2.00 bits per heavy atom. The van der Waals surface area contributed by atoms with Gasteiger partial charge in [-0.15, -0.1) is 11.3 Å². The predicted molar refractivity (Wildman–Crippen MR) is 91.6 cm³/mol. The lowest BCUT2D eigenvalue weighted by Gasteiger charge is -2.00. The number of phenolic OH excluding ortho intramolecular Hbond substituents is 1. The third-order valence-electron chi connectivity index (χ3n) is 3.12. The summed E-state index contributed by atoms with van der Waals surface area (Å²) in [5, 5.41) is 16.6. The van der Waals surface area contributed by atoms with Crippen molar-refractivity contribution in [3.8, 4) is 17.0 Å². The molecule has 110 valence electrons. The van der Waals surface area contributed by atoms with Crippen molar-refractivity contribution >= 4 is 22.7 Å². The van der Waals surface area contributed by atoms with Gasteiger partial charge in [-0.05, 0) is 19.1 Å². The largest absolute Gasteiger partial charge is 0.507 e. The summed E-state index contributed by atoms with van der Waals surface area (Å²) < 4.78 is 0. The Hall–Kier alpha value is -2.66. The fourth-order valence-electron chi connectivity index (χ4n) is 2.00. The first-order chi connectivity index (χ1) is 10.7. The summed E-state index contributed by atoms with van der Waals surface area (Å²) in [5.74, 6) is 0.209. The molecule has 0 amide bonds. The van der Waals surface area contributed by atoms with E-state index in [1.807, 2.05) is 54.8 Å². The van der Waals surface area contributed by atoms with Crippen LogP contribution in [0.5, 0.6) is 5.75 Å². The Kier molecular flexibility index (Phi) is 4.16. The Bertz CT molecular complexity index is 797. The van der Waals surface area contributed by atoms with Crippen LogP contribution in [0.2, 0.25) is 0 Å². The summed E-state index contributed by atoms with van der Waals surface area (Å²) in [5.41, 5.74) is 6.63. The van der Waals surface area contributed by atoms with E-state index in [-0.39, 0.29) is 5.75 Å². The van der Waals surface area contributed by atoms with Crippen molar-refractivity contribution < 1.29 is 5.11 Å². The third-order valence-corrected chi connectivity index (χ3v) is 3.87. The number of aromatic hydroxyl groups is 1. The Labute approximate surface area is 132 Å². The Morgan fingerprint density at radius 1 is 1.18 bits per heavy atom.